The van der Waals surface area contributed by atoms with Gasteiger partial charge >= 0.3 is 12.1 Å². The quantitative estimate of drug-likeness (QED) is 0.732. The van der Waals surface area contributed by atoms with Crippen LogP contribution >= 0.6 is 0 Å². The minimum Gasteiger partial charge on any atom is -0.466 e. The lowest BCUT2D eigenvalue weighted by atomic mass is 9.78. The highest BCUT2D eigenvalue weighted by atomic mass is 16.6. The van der Waals surface area contributed by atoms with Gasteiger partial charge in [0.1, 0.15) is 11.4 Å². The third-order valence-corrected chi connectivity index (χ3v) is 4.05. The summed E-state index contributed by atoms with van der Waals surface area (Å²) in [5.74, 6) is -0.311. The maximum Gasteiger partial charge on any atom is 0.410 e. The molecule has 6 heteroatoms. The Bertz CT molecular complexity index is 450. The fraction of sp³-hybridized carbons (Fsp3) is 0.812. The SMILES string of the molecule is CCOC(=O)C1C[C@H]2CC(=O)C[C@@H](C1)N2C(=O)OC(C)(C)C. The van der Waals surface area contributed by atoms with Crippen LogP contribution in [-0.2, 0) is 19.1 Å². The van der Waals surface area contributed by atoms with Crippen molar-refractivity contribution in [3.05, 3.63) is 0 Å². The Morgan fingerprint density at radius 1 is 1.18 bits per heavy atom. The van der Waals surface area contributed by atoms with Crippen molar-refractivity contribution in [2.45, 2.75) is 71.1 Å². The number of rotatable bonds is 2. The summed E-state index contributed by atoms with van der Waals surface area (Å²) in [5.41, 5.74) is -0.576. The van der Waals surface area contributed by atoms with Gasteiger partial charge in [-0.15, -0.1) is 0 Å². The molecule has 0 aromatic carbocycles. The first kappa shape index (κ1) is 16.8. The molecule has 6 nitrogen and oxygen atoms in total. The van der Waals surface area contributed by atoms with Gasteiger partial charge in [-0.25, -0.2) is 4.79 Å². The summed E-state index contributed by atoms with van der Waals surface area (Å²) < 4.78 is 10.5. The van der Waals surface area contributed by atoms with Crippen LogP contribution in [0, 0.1) is 5.92 Å². The van der Waals surface area contributed by atoms with Crippen molar-refractivity contribution in [3.63, 3.8) is 0 Å². The lowest BCUT2D eigenvalue weighted by Gasteiger charge is -2.47. The molecule has 2 aliphatic rings. The lowest BCUT2D eigenvalue weighted by molar-refractivity contribution is -0.153. The number of ketones is 1. The highest BCUT2D eigenvalue weighted by Crippen LogP contribution is 2.37. The third-order valence-electron chi connectivity index (χ3n) is 4.05. The smallest absolute Gasteiger partial charge is 0.410 e. The molecular weight excluding hydrogens is 286 g/mol. The van der Waals surface area contributed by atoms with E-state index in [0.717, 1.165) is 0 Å². The molecule has 0 aromatic heterocycles. The van der Waals surface area contributed by atoms with E-state index >= 15 is 0 Å². The Balaban J connectivity index is 2.12. The van der Waals surface area contributed by atoms with E-state index in [1.54, 1.807) is 11.8 Å². The number of carbonyl (C=O) groups excluding carboxylic acids is 3. The number of esters is 1. The van der Waals surface area contributed by atoms with Gasteiger partial charge in [0, 0.05) is 24.9 Å². The van der Waals surface area contributed by atoms with Crippen LogP contribution in [0.3, 0.4) is 0 Å². The van der Waals surface area contributed by atoms with Crippen LogP contribution in [0.1, 0.15) is 53.4 Å². The van der Waals surface area contributed by atoms with Crippen LogP contribution in [0.15, 0.2) is 0 Å². The molecule has 3 atom stereocenters. The van der Waals surface area contributed by atoms with Crippen LogP contribution < -0.4 is 0 Å². The fourth-order valence-corrected chi connectivity index (χ4v) is 3.32. The predicted octanol–water partition coefficient (Wildman–Crippen LogP) is 2.30. The molecule has 2 rings (SSSR count). The average Bonchev–Trinajstić information content (AvgIpc) is 2.34. The molecule has 22 heavy (non-hydrogen) atoms. The van der Waals surface area contributed by atoms with Gasteiger partial charge in [0.25, 0.3) is 0 Å². The van der Waals surface area contributed by atoms with Crippen LogP contribution in [0.4, 0.5) is 4.79 Å². The van der Waals surface area contributed by atoms with E-state index in [-0.39, 0.29) is 29.8 Å². The molecule has 124 valence electrons. The zero-order chi connectivity index (χ0) is 16.5. The van der Waals surface area contributed by atoms with E-state index in [1.165, 1.54) is 0 Å². The highest BCUT2D eigenvalue weighted by Gasteiger charge is 2.47. The Kier molecular flexibility index (Phi) is 4.78. The summed E-state index contributed by atoms with van der Waals surface area (Å²) in [6.45, 7) is 7.57. The molecule has 0 aliphatic carbocycles. The molecular formula is C16H25NO5. The second-order valence-electron chi connectivity index (χ2n) is 7.06. The molecule has 0 spiro atoms. The van der Waals surface area contributed by atoms with Crippen molar-refractivity contribution in [2.24, 2.45) is 5.92 Å². The number of hydrogen-bond acceptors (Lipinski definition) is 5. The minimum absolute atomic E-state index is 0.150. The number of Topliss-reactive ketones (excluding diaryl/α,β-unsaturated/α-hetero) is 1. The van der Waals surface area contributed by atoms with Gasteiger partial charge in [0.2, 0.25) is 0 Å². The number of ether oxygens (including phenoxy) is 2. The predicted molar refractivity (Wildman–Crippen MR) is 79.2 cm³/mol. The molecule has 1 unspecified atom stereocenters. The number of carbonyl (C=O) groups is 3. The maximum atomic E-state index is 12.4. The van der Waals surface area contributed by atoms with Gasteiger partial charge < -0.3 is 14.4 Å². The Morgan fingerprint density at radius 3 is 2.18 bits per heavy atom. The van der Waals surface area contributed by atoms with E-state index in [9.17, 15) is 14.4 Å². The van der Waals surface area contributed by atoms with Crippen molar-refractivity contribution in [1.29, 1.82) is 0 Å². The topological polar surface area (TPSA) is 72.9 Å². The highest BCUT2D eigenvalue weighted by molar-refractivity contribution is 5.84. The van der Waals surface area contributed by atoms with Gasteiger partial charge in [-0.3, -0.25) is 9.59 Å². The molecule has 0 saturated carbocycles. The summed E-state index contributed by atoms with van der Waals surface area (Å²) in [7, 11) is 0. The first-order valence-corrected chi connectivity index (χ1v) is 7.91. The van der Waals surface area contributed by atoms with Crippen molar-refractivity contribution in [1.82, 2.24) is 4.90 Å². The van der Waals surface area contributed by atoms with Gasteiger partial charge in [-0.1, -0.05) is 0 Å². The van der Waals surface area contributed by atoms with Crippen molar-refractivity contribution >= 4 is 17.8 Å². The molecule has 0 N–H and O–H groups in total. The van der Waals surface area contributed by atoms with E-state index in [2.05, 4.69) is 0 Å². The van der Waals surface area contributed by atoms with Gasteiger partial charge in [-0.2, -0.15) is 0 Å². The van der Waals surface area contributed by atoms with Crippen LogP contribution in [0.25, 0.3) is 0 Å². The Morgan fingerprint density at radius 2 is 1.73 bits per heavy atom. The van der Waals surface area contributed by atoms with E-state index < -0.39 is 11.7 Å². The first-order chi connectivity index (χ1) is 10.2. The van der Waals surface area contributed by atoms with E-state index in [4.69, 9.17) is 9.47 Å². The molecule has 1 amide bonds. The number of amides is 1. The van der Waals surface area contributed by atoms with E-state index in [0.29, 0.717) is 32.3 Å². The number of hydrogen-bond donors (Lipinski definition) is 0. The molecule has 2 heterocycles. The fourth-order valence-electron chi connectivity index (χ4n) is 3.32. The summed E-state index contributed by atoms with van der Waals surface area (Å²) in [5, 5.41) is 0. The van der Waals surface area contributed by atoms with Gasteiger partial charge in [0.15, 0.2) is 0 Å². The van der Waals surface area contributed by atoms with Crippen molar-refractivity contribution in [3.8, 4) is 0 Å². The third kappa shape index (κ3) is 3.78. The zero-order valence-corrected chi connectivity index (χ0v) is 13.8. The van der Waals surface area contributed by atoms with Gasteiger partial charge in [-0.05, 0) is 40.5 Å². The standard InChI is InChI=1S/C16H25NO5/c1-5-21-14(19)10-6-11-8-13(18)9-12(7-10)17(11)15(20)22-16(2,3)4/h10-12H,5-9H2,1-4H3/t10?,11-,12+. The number of fused-ring (bicyclic) bond motifs is 2. The molecule has 2 aliphatic heterocycles. The van der Waals surface area contributed by atoms with Crippen LogP contribution in [0.5, 0.6) is 0 Å². The summed E-state index contributed by atoms with van der Waals surface area (Å²) in [6.07, 6.45) is 1.15. The summed E-state index contributed by atoms with van der Waals surface area (Å²) in [6, 6.07) is -0.520. The largest absolute Gasteiger partial charge is 0.466 e. The number of nitrogens with zero attached hydrogens (tertiary/aromatic N) is 1. The second kappa shape index (κ2) is 6.26. The molecule has 2 saturated heterocycles. The second-order valence-corrected chi connectivity index (χ2v) is 7.06. The van der Waals surface area contributed by atoms with E-state index in [1.807, 2.05) is 20.8 Å². The Labute approximate surface area is 131 Å². The van der Waals surface area contributed by atoms with Crippen LogP contribution in [0.2, 0.25) is 0 Å². The lowest BCUT2D eigenvalue weighted by Crippen LogP contribution is -2.58. The zero-order valence-electron chi connectivity index (χ0n) is 13.8. The van der Waals surface area contributed by atoms with Crippen molar-refractivity contribution < 1.29 is 23.9 Å². The molecule has 0 aromatic rings. The summed E-state index contributed by atoms with van der Waals surface area (Å²) in [4.78, 5) is 37.9. The average molecular weight is 311 g/mol. The first-order valence-electron chi connectivity index (χ1n) is 7.91. The van der Waals surface area contributed by atoms with Crippen molar-refractivity contribution in [2.75, 3.05) is 6.61 Å². The number of piperidine rings is 2. The van der Waals surface area contributed by atoms with Gasteiger partial charge in [0.05, 0.1) is 12.5 Å². The normalized spacial score (nSPS) is 28.3. The Hall–Kier alpha value is -1.59. The van der Waals surface area contributed by atoms with Crippen LogP contribution in [-0.4, -0.2) is 47.0 Å². The monoisotopic (exact) mass is 311 g/mol. The molecule has 2 bridgehead atoms. The maximum absolute atomic E-state index is 12.4. The molecule has 0 radical (unpaired) electrons. The summed E-state index contributed by atoms with van der Waals surface area (Å²) >= 11 is 0. The molecule has 2 fully saturated rings. The minimum atomic E-state index is -0.576.